The summed E-state index contributed by atoms with van der Waals surface area (Å²) in [5.41, 5.74) is 1.31. The number of hydrogen-bond donors (Lipinski definition) is 2. The molecule has 0 bridgehead atoms. The topological polar surface area (TPSA) is 99.1 Å². The van der Waals surface area contributed by atoms with Crippen LogP contribution < -0.4 is 5.32 Å². The number of aromatic carboxylic acids is 1. The summed E-state index contributed by atoms with van der Waals surface area (Å²) in [6, 6.07) is 4.54. The first-order valence-electron chi connectivity index (χ1n) is 7.12. The molecule has 8 heteroatoms. The van der Waals surface area contributed by atoms with E-state index in [0.717, 1.165) is 5.56 Å². The van der Waals surface area contributed by atoms with Crippen LogP contribution in [0.15, 0.2) is 23.2 Å². The molecule has 2 aliphatic heterocycles. The number of carboxylic acids is 1. The molecule has 0 aromatic heterocycles. The summed E-state index contributed by atoms with van der Waals surface area (Å²) in [7, 11) is 0. The highest BCUT2D eigenvalue weighted by molar-refractivity contribution is 8.15. The first-order chi connectivity index (χ1) is 11.0. The summed E-state index contributed by atoms with van der Waals surface area (Å²) in [6.45, 7) is 2.98. The summed E-state index contributed by atoms with van der Waals surface area (Å²) in [6.07, 6.45) is 0.0375. The van der Waals surface area contributed by atoms with Gasteiger partial charge in [-0.15, -0.1) is 0 Å². The maximum Gasteiger partial charge on any atom is 0.335 e. The molecule has 1 aromatic rings. The van der Waals surface area contributed by atoms with Gasteiger partial charge in [-0.05, 0) is 24.6 Å². The summed E-state index contributed by atoms with van der Waals surface area (Å²) < 4.78 is 0. The highest BCUT2D eigenvalue weighted by Gasteiger charge is 2.40. The Hall–Kier alpha value is -2.35. The molecule has 7 nitrogen and oxygen atoms in total. The number of carbonyl (C=O) groups excluding carboxylic acids is 2. The highest BCUT2D eigenvalue weighted by Crippen LogP contribution is 2.32. The van der Waals surface area contributed by atoms with E-state index in [4.69, 9.17) is 5.11 Å². The van der Waals surface area contributed by atoms with Crippen LogP contribution >= 0.6 is 11.8 Å². The van der Waals surface area contributed by atoms with Crippen LogP contribution in [-0.2, 0) is 9.59 Å². The van der Waals surface area contributed by atoms with Gasteiger partial charge in [-0.1, -0.05) is 17.8 Å². The van der Waals surface area contributed by atoms with Crippen molar-refractivity contribution in [3.8, 4) is 0 Å². The summed E-state index contributed by atoms with van der Waals surface area (Å²) in [5, 5.41) is 11.9. The van der Waals surface area contributed by atoms with Gasteiger partial charge in [0.15, 0.2) is 5.17 Å². The largest absolute Gasteiger partial charge is 0.478 e. The number of aryl methyl sites for hydroxylation is 1. The summed E-state index contributed by atoms with van der Waals surface area (Å²) in [4.78, 5) is 41.2. The molecule has 1 fully saturated rings. The van der Waals surface area contributed by atoms with Crippen LogP contribution in [0, 0.1) is 6.92 Å². The molecule has 1 aromatic carbocycles. The Labute approximate surface area is 136 Å². The molecule has 0 saturated carbocycles. The maximum atomic E-state index is 12.2. The quantitative estimate of drug-likeness (QED) is 0.866. The van der Waals surface area contributed by atoms with Crippen molar-refractivity contribution in [3.63, 3.8) is 0 Å². The van der Waals surface area contributed by atoms with Crippen LogP contribution in [0.25, 0.3) is 0 Å². The summed E-state index contributed by atoms with van der Waals surface area (Å²) >= 11 is 1.31. The number of anilines is 1. The van der Waals surface area contributed by atoms with Gasteiger partial charge in [0.05, 0.1) is 12.1 Å². The Kier molecular flexibility index (Phi) is 4.08. The minimum atomic E-state index is -1.05. The van der Waals surface area contributed by atoms with Gasteiger partial charge in [0.2, 0.25) is 11.8 Å². The molecule has 1 unspecified atom stereocenters. The Morgan fingerprint density at radius 1 is 1.48 bits per heavy atom. The molecule has 2 heterocycles. The monoisotopic (exact) mass is 333 g/mol. The lowest BCUT2D eigenvalue weighted by Gasteiger charge is -2.12. The van der Waals surface area contributed by atoms with Crippen molar-refractivity contribution in [2.24, 2.45) is 4.99 Å². The van der Waals surface area contributed by atoms with E-state index >= 15 is 0 Å². The van der Waals surface area contributed by atoms with E-state index in [9.17, 15) is 14.4 Å². The van der Waals surface area contributed by atoms with Gasteiger partial charge >= 0.3 is 5.97 Å². The zero-order valence-electron chi connectivity index (χ0n) is 12.4. The molecule has 3 rings (SSSR count). The molecule has 23 heavy (non-hydrogen) atoms. The molecule has 0 aliphatic carbocycles. The second-order valence-corrected chi connectivity index (χ2v) is 6.52. The third-order valence-corrected chi connectivity index (χ3v) is 4.93. The number of benzene rings is 1. The number of rotatable bonds is 4. The number of hydrogen-bond acceptors (Lipinski definition) is 5. The lowest BCUT2D eigenvalue weighted by Crippen LogP contribution is -2.32. The molecule has 0 spiro atoms. The number of carbonyl (C=O) groups is 3. The normalized spacial score (nSPS) is 19.5. The second-order valence-electron chi connectivity index (χ2n) is 5.35. The molecular weight excluding hydrogens is 318 g/mol. The van der Waals surface area contributed by atoms with Gasteiger partial charge < -0.3 is 10.4 Å². The minimum absolute atomic E-state index is 0.0375. The molecule has 120 valence electrons. The number of fused-ring (bicyclic) bond motifs is 1. The number of thioether (sulfide) groups is 1. The van der Waals surface area contributed by atoms with Crippen molar-refractivity contribution in [3.05, 3.63) is 29.3 Å². The van der Waals surface area contributed by atoms with Crippen molar-refractivity contribution in [2.75, 3.05) is 18.4 Å². The number of aliphatic imine (C=N–C) groups is 1. The SMILES string of the molecule is Cc1ccc(C(=O)O)cc1NC(=O)CC1SC2=NCCN2C1=O. The molecule has 0 radical (unpaired) electrons. The zero-order valence-corrected chi connectivity index (χ0v) is 13.2. The molecular formula is C15H15N3O4S. The van der Waals surface area contributed by atoms with Crippen LogP contribution in [0.5, 0.6) is 0 Å². The number of amidine groups is 1. The van der Waals surface area contributed by atoms with Gasteiger partial charge in [0, 0.05) is 18.7 Å². The third kappa shape index (κ3) is 3.07. The van der Waals surface area contributed by atoms with Gasteiger partial charge in [-0.25, -0.2) is 4.79 Å². The van der Waals surface area contributed by atoms with Gasteiger partial charge in [0.1, 0.15) is 5.25 Å². The van der Waals surface area contributed by atoms with E-state index in [1.807, 2.05) is 0 Å². The van der Waals surface area contributed by atoms with Crippen LogP contribution in [0.4, 0.5) is 5.69 Å². The fraction of sp³-hybridized carbons (Fsp3) is 0.333. The van der Waals surface area contributed by atoms with Crippen LogP contribution in [-0.4, -0.2) is 51.3 Å². The minimum Gasteiger partial charge on any atom is -0.478 e. The Bertz CT molecular complexity index is 731. The van der Waals surface area contributed by atoms with E-state index in [2.05, 4.69) is 10.3 Å². The fourth-order valence-electron chi connectivity index (χ4n) is 2.47. The highest BCUT2D eigenvalue weighted by atomic mass is 32.2. The number of nitrogens with zero attached hydrogens (tertiary/aromatic N) is 2. The van der Waals surface area contributed by atoms with E-state index < -0.39 is 11.2 Å². The Morgan fingerprint density at radius 3 is 2.96 bits per heavy atom. The fourth-order valence-corrected chi connectivity index (χ4v) is 3.66. The smallest absolute Gasteiger partial charge is 0.335 e. The molecule has 1 saturated heterocycles. The molecule has 2 aliphatic rings. The lowest BCUT2D eigenvalue weighted by atomic mass is 10.1. The average molecular weight is 333 g/mol. The van der Waals surface area contributed by atoms with Crippen molar-refractivity contribution in [1.82, 2.24) is 4.90 Å². The zero-order chi connectivity index (χ0) is 16.6. The first kappa shape index (κ1) is 15.5. The third-order valence-electron chi connectivity index (χ3n) is 3.72. The van der Waals surface area contributed by atoms with E-state index in [1.165, 1.54) is 23.9 Å². The van der Waals surface area contributed by atoms with Gasteiger partial charge in [-0.3, -0.25) is 19.5 Å². The standard InChI is InChI=1S/C15H15N3O4S/c1-8-2-3-9(14(21)22)6-10(8)17-12(19)7-11-13(20)18-5-4-16-15(18)23-11/h2-3,6,11H,4-5,7H2,1H3,(H,17,19)(H,21,22). The molecule has 1 atom stereocenters. The summed E-state index contributed by atoms with van der Waals surface area (Å²) in [5.74, 6) is -1.46. The van der Waals surface area contributed by atoms with Crippen LogP contribution in [0.3, 0.4) is 0 Å². The average Bonchev–Trinajstić information content (AvgIpc) is 3.05. The van der Waals surface area contributed by atoms with Crippen molar-refractivity contribution in [2.45, 2.75) is 18.6 Å². The lowest BCUT2D eigenvalue weighted by molar-refractivity contribution is -0.127. The predicted octanol–water partition coefficient (Wildman–Crippen LogP) is 1.34. The number of nitrogens with one attached hydrogen (secondary N) is 1. The number of amides is 2. The second kappa shape index (κ2) is 6.04. The van der Waals surface area contributed by atoms with Crippen LogP contribution in [0.1, 0.15) is 22.3 Å². The van der Waals surface area contributed by atoms with Crippen molar-refractivity contribution in [1.29, 1.82) is 0 Å². The van der Waals surface area contributed by atoms with E-state index in [1.54, 1.807) is 17.9 Å². The van der Waals surface area contributed by atoms with E-state index in [0.29, 0.717) is 23.9 Å². The van der Waals surface area contributed by atoms with E-state index in [-0.39, 0.29) is 23.8 Å². The maximum absolute atomic E-state index is 12.2. The Morgan fingerprint density at radius 2 is 2.26 bits per heavy atom. The first-order valence-corrected chi connectivity index (χ1v) is 8.00. The predicted molar refractivity (Wildman–Crippen MR) is 86.8 cm³/mol. The Balaban J connectivity index is 1.67. The van der Waals surface area contributed by atoms with Crippen molar-refractivity contribution >= 4 is 40.4 Å². The van der Waals surface area contributed by atoms with Crippen molar-refractivity contribution < 1.29 is 19.5 Å². The number of carboxylic acid groups (broad SMARTS) is 1. The van der Waals surface area contributed by atoms with Crippen LogP contribution in [0.2, 0.25) is 0 Å². The molecule has 2 N–H and O–H groups in total. The van der Waals surface area contributed by atoms with Gasteiger partial charge in [0.25, 0.3) is 0 Å². The molecule has 2 amide bonds. The van der Waals surface area contributed by atoms with Gasteiger partial charge in [-0.2, -0.15) is 0 Å².